The number of hydrazine groups is 1. The van der Waals surface area contributed by atoms with Crippen molar-refractivity contribution in [3.05, 3.63) is 35.9 Å². The first-order valence-corrected chi connectivity index (χ1v) is 7.67. The molecule has 2 amide bonds. The molecule has 138 valence electrons. The number of carbonyl (C=O) groups excluding carboxylic acids is 3. The quantitative estimate of drug-likeness (QED) is 0.409. The number of benzene rings is 1. The third-order valence-corrected chi connectivity index (χ3v) is 2.77. The first-order chi connectivity index (χ1) is 11.9. The van der Waals surface area contributed by atoms with Crippen molar-refractivity contribution in [1.29, 1.82) is 0 Å². The lowest BCUT2D eigenvalue weighted by molar-refractivity contribution is -0.146. The van der Waals surface area contributed by atoms with Crippen molar-refractivity contribution in [3.8, 4) is 0 Å². The molecular weight excluding hydrogens is 330 g/mol. The summed E-state index contributed by atoms with van der Waals surface area (Å²) in [5.41, 5.74) is 3.14. The summed E-state index contributed by atoms with van der Waals surface area (Å²) < 4.78 is 14.8. The molecule has 0 aliphatic heterocycles. The lowest BCUT2D eigenvalue weighted by atomic mass is 10.2. The molecular formula is C16H23N3O6. The first kappa shape index (κ1) is 20.2. The van der Waals surface area contributed by atoms with E-state index in [-0.39, 0.29) is 19.8 Å². The summed E-state index contributed by atoms with van der Waals surface area (Å²) in [5.74, 6) is -0.725. The average Bonchev–Trinajstić information content (AvgIpc) is 2.57. The fourth-order valence-corrected chi connectivity index (χ4v) is 1.69. The smallest absolute Gasteiger partial charge is 0.421 e. The predicted molar refractivity (Wildman–Crippen MR) is 88.4 cm³/mol. The van der Waals surface area contributed by atoms with E-state index in [1.54, 1.807) is 33.2 Å². The Bertz CT molecular complexity index is 564. The monoisotopic (exact) mass is 353 g/mol. The standard InChI is InChI=1S/C16H23N3O6/c1-4-23-14(20)13(11-25-16(22)18-19(2)3)17-15(21)24-10-12-8-6-5-7-9-12/h5-9,13H,4,10-11H2,1-3H3,(H,17,21)(H,18,22)/t13-/m0/s1. The number of nitrogens with zero attached hydrogens (tertiary/aromatic N) is 1. The van der Waals surface area contributed by atoms with Gasteiger partial charge in [0.2, 0.25) is 0 Å². The van der Waals surface area contributed by atoms with Crippen molar-refractivity contribution in [1.82, 2.24) is 15.8 Å². The van der Waals surface area contributed by atoms with E-state index in [2.05, 4.69) is 10.7 Å². The second-order valence-corrected chi connectivity index (χ2v) is 5.12. The third-order valence-electron chi connectivity index (χ3n) is 2.77. The van der Waals surface area contributed by atoms with Crippen molar-refractivity contribution >= 4 is 18.2 Å². The van der Waals surface area contributed by atoms with E-state index >= 15 is 0 Å². The normalized spacial score (nSPS) is 11.4. The highest BCUT2D eigenvalue weighted by atomic mass is 16.6. The molecule has 1 atom stereocenters. The van der Waals surface area contributed by atoms with Crippen LogP contribution in [-0.4, -0.2) is 56.5 Å². The van der Waals surface area contributed by atoms with E-state index in [1.165, 1.54) is 5.01 Å². The highest BCUT2D eigenvalue weighted by Crippen LogP contribution is 2.01. The lowest BCUT2D eigenvalue weighted by Gasteiger charge is -2.18. The van der Waals surface area contributed by atoms with E-state index in [0.717, 1.165) is 5.56 Å². The minimum atomic E-state index is -1.17. The second-order valence-electron chi connectivity index (χ2n) is 5.12. The Kier molecular flexibility index (Phi) is 8.80. The highest BCUT2D eigenvalue weighted by Gasteiger charge is 2.24. The molecule has 0 bridgehead atoms. The number of hydrogen-bond acceptors (Lipinski definition) is 7. The Morgan fingerprint density at radius 1 is 1.04 bits per heavy atom. The van der Waals surface area contributed by atoms with Crippen LogP contribution in [0.15, 0.2) is 30.3 Å². The molecule has 0 spiro atoms. The SMILES string of the molecule is CCOC(=O)[C@H](COC(=O)NN(C)C)NC(=O)OCc1ccccc1. The minimum absolute atomic E-state index is 0.0458. The maximum absolute atomic E-state index is 11.9. The Morgan fingerprint density at radius 2 is 1.72 bits per heavy atom. The van der Waals surface area contributed by atoms with Gasteiger partial charge in [0.25, 0.3) is 0 Å². The largest absolute Gasteiger partial charge is 0.464 e. The molecule has 2 N–H and O–H groups in total. The van der Waals surface area contributed by atoms with Crippen molar-refractivity contribution in [3.63, 3.8) is 0 Å². The summed E-state index contributed by atoms with van der Waals surface area (Å²) in [6.45, 7) is 1.41. The minimum Gasteiger partial charge on any atom is -0.464 e. The van der Waals surface area contributed by atoms with Crippen LogP contribution in [0, 0.1) is 0 Å². The van der Waals surface area contributed by atoms with Gasteiger partial charge < -0.3 is 19.5 Å². The summed E-state index contributed by atoms with van der Waals surface area (Å²) in [6.07, 6.45) is -1.59. The van der Waals surface area contributed by atoms with Crippen LogP contribution in [0.3, 0.4) is 0 Å². The topological polar surface area (TPSA) is 106 Å². The van der Waals surface area contributed by atoms with Crippen molar-refractivity contribution in [2.24, 2.45) is 0 Å². The van der Waals surface area contributed by atoms with Crippen molar-refractivity contribution in [2.75, 3.05) is 27.3 Å². The molecule has 0 saturated heterocycles. The first-order valence-electron chi connectivity index (χ1n) is 7.67. The highest BCUT2D eigenvalue weighted by molar-refractivity contribution is 5.81. The molecule has 0 aliphatic rings. The van der Waals surface area contributed by atoms with Gasteiger partial charge in [-0.05, 0) is 12.5 Å². The van der Waals surface area contributed by atoms with Crippen molar-refractivity contribution in [2.45, 2.75) is 19.6 Å². The van der Waals surface area contributed by atoms with Crippen LogP contribution in [0.1, 0.15) is 12.5 Å². The molecule has 1 aromatic rings. The van der Waals surface area contributed by atoms with Gasteiger partial charge in [-0.15, -0.1) is 0 Å². The maximum atomic E-state index is 11.9. The van der Waals surface area contributed by atoms with Crippen LogP contribution in [0.4, 0.5) is 9.59 Å². The van der Waals surface area contributed by atoms with Gasteiger partial charge in [-0.25, -0.2) is 19.4 Å². The number of amides is 2. The number of nitrogens with one attached hydrogen (secondary N) is 2. The zero-order valence-corrected chi connectivity index (χ0v) is 14.5. The summed E-state index contributed by atoms with van der Waals surface area (Å²) in [7, 11) is 3.20. The molecule has 0 aliphatic carbocycles. The Hall–Kier alpha value is -2.81. The molecule has 25 heavy (non-hydrogen) atoms. The molecule has 1 rings (SSSR count). The van der Waals surface area contributed by atoms with Crippen LogP contribution in [0.25, 0.3) is 0 Å². The van der Waals surface area contributed by atoms with Gasteiger partial charge in [-0.2, -0.15) is 0 Å². The molecule has 0 unspecified atom stereocenters. The molecule has 0 fully saturated rings. The van der Waals surface area contributed by atoms with Gasteiger partial charge in [-0.3, -0.25) is 5.43 Å². The molecule has 1 aromatic carbocycles. The van der Waals surface area contributed by atoms with Gasteiger partial charge >= 0.3 is 18.2 Å². The number of hydrogen-bond donors (Lipinski definition) is 2. The number of carbonyl (C=O) groups is 3. The number of ether oxygens (including phenoxy) is 3. The maximum Gasteiger partial charge on any atom is 0.421 e. The zero-order chi connectivity index (χ0) is 18.7. The Labute approximate surface area is 146 Å². The third kappa shape index (κ3) is 8.56. The van der Waals surface area contributed by atoms with E-state index in [9.17, 15) is 14.4 Å². The van der Waals surface area contributed by atoms with Crippen LogP contribution in [-0.2, 0) is 25.6 Å². The Balaban J connectivity index is 2.52. The van der Waals surface area contributed by atoms with Gasteiger partial charge in [0, 0.05) is 14.1 Å². The summed E-state index contributed by atoms with van der Waals surface area (Å²) >= 11 is 0. The van der Waals surface area contributed by atoms with E-state index in [1.807, 2.05) is 18.2 Å². The van der Waals surface area contributed by atoms with Gasteiger partial charge in [0.1, 0.15) is 13.2 Å². The van der Waals surface area contributed by atoms with Gasteiger partial charge in [-0.1, -0.05) is 30.3 Å². The number of rotatable bonds is 8. The van der Waals surface area contributed by atoms with Gasteiger partial charge in [0.05, 0.1) is 6.61 Å². The van der Waals surface area contributed by atoms with Crippen LogP contribution in [0.2, 0.25) is 0 Å². The van der Waals surface area contributed by atoms with E-state index < -0.39 is 24.2 Å². The molecule has 0 radical (unpaired) electrons. The summed E-state index contributed by atoms with van der Waals surface area (Å²) in [6, 6.07) is 7.90. The second kappa shape index (κ2) is 10.9. The van der Waals surface area contributed by atoms with Crippen molar-refractivity contribution < 1.29 is 28.6 Å². The zero-order valence-electron chi connectivity index (χ0n) is 14.5. The summed E-state index contributed by atoms with van der Waals surface area (Å²) in [5, 5.41) is 3.70. The van der Waals surface area contributed by atoms with E-state index in [0.29, 0.717) is 0 Å². The number of alkyl carbamates (subject to hydrolysis) is 1. The van der Waals surface area contributed by atoms with Crippen LogP contribution in [0.5, 0.6) is 0 Å². The molecule has 9 heteroatoms. The van der Waals surface area contributed by atoms with Gasteiger partial charge in [0.15, 0.2) is 6.04 Å². The summed E-state index contributed by atoms with van der Waals surface area (Å²) in [4.78, 5) is 35.2. The Morgan fingerprint density at radius 3 is 2.32 bits per heavy atom. The fourth-order valence-electron chi connectivity index (χ4n) is 1.69. The lowest BCUT2D eigenvalue weighted by Crippen LogP contribution is -2.47. The molecule has 9 nitrogen and oxygen atoms in total. The predicted octanol–water partition coefficient (Wildman–Crippen LogP) is 1.05. The van der Waals surface area contributed by atoms with Crippen LogP contribution < -0.4 is 10.7 Å². The number of esters is 1. The molecule has 0 saturated carbocycles. The van der Waals surface area contributed by atoms with Crippen LogP contribution >= 0.6 is 0 Å². The fraction of sp³-hybridized carbons (Fsp3) is 0.438. The molecule has 0 heterocycles. The van der Waals surface area contributed by atoms with E-state index in [4.69, 9.17) is 14.2 Å². The average molecular weight is 353 g/mol. The molecule has 0 aromatic heterocycles.